The molecule has 0 fully saturated rings. The van der Waals surface area contributed by atoms with Crippen molar-refractivity contribution < 1.29 is 4.52 Å². The molecular formula is C15H16N4O. The molecule has 0 saturated carbocycles. The molecule has 2 aromatic heterocycles. The van der Waals surface area contributed by atoms with Crippen LogP contribution in [0.15, 0.2) is 28.8 Å². The summed E-state index contributed by atoms with van der Waals surface area (Å²) < 4.78 is 5.16. The Morgan fingerprint density at radius 1 is 1.00 bits per heavy atom. The molecule has 20 heavy (non-hydrogen) atoms. The van der Waals surface area contributed by atoms with E-state index < -0.39 is 0 Å². The number of aromatic nitrogens is 3. The van der Waals surface area contributed by atoms with Crippen molar-refractivity contribution in [3.05, 3.63) is 47.0 Å². The second kappa shape index (κ2) is 4.92. The van der Waals surface area contributed by atoms with Crippen molar-refractivity contribution in [2.45, 2.75) is 27.3 Å². The molecule has 0 aliphatic heterocycles. The minimum absolute atomic E-state index is 0.628. The van der Waals surface area contributed by atoms with Crippen LogP contribution in [0.4, 0.5) is 5.82 Å². The van der Waals surface area contributed by atoms with Crippen LogP contribution in [0.5, 0.6) is 0 Å². The molecule has 0 spiro atoms. The zero-order valence-electron chi connectivity index (χ0n) is 11.8. The number of aryl methyl sites for hydroxylation is 3. The molecule has 0 aliphatic rings. The first-order valence-electron chi connectivity index (χ1n) is 6.54. The monoisotopic (exact) mass is 268 g/mol. The van der Waals surface area contributed by atoms with Crippen molar-refractivity contribution in [2.75, 3.05) is 5.32 Å². The van der Waals surface area contributed by atoms with Gasteiger partial charge >= 0.3 is 0 Å². The van der Waals surface area contributed by atoms with E-state index in [0.717, 1.165) is 39.3 Å². The lowest BCUT2D eigenvalue weighted by Gasteiger charge is -2.09. The lowest BCUT2D eigenvalue weighted by Crippen LogP contribution is -2.05. The maximum Gasteiger partial charge on any atom is 0.156 e. The number of hydrogen-bond donors (Lipinski definition) is 1. The van der Waals surface area contributed by atoms with Crippen molar-refractivity contribution in [2.24, 2.45) is 0 Å². The highest BCUT2D eigenvalue weighted by atomic mass is 16.5. The Kier molecular flexibility index (Phi) is 3.10. The number of nitrogens with one attached hydrogen (secondary N) is 1. The van der Waals surface area contributed by atoms with E-state index in [1.54, 1.807) is 0 Å². The molecule has 0 aliphatic carbocycles. The van der Waals surface area contributed by atoms with Crippen molar-refractivity contribution in [1.29, 1.82) is 0 Å². The summed E-state index contributed by atoms with van der Waals surface area (Å²) in [7, 11) is 0. The van der Waals surface area contributed by atoms with Crippen LogP contribution in [-0.4, -0.2) is 15.4 Å². The van der Waals surface area contributed by atoms with E-state index in [0.29, 0.717) is 6.54 Å². The summed E-state index contributed by atoms with van der Waals surface area (Å²) in [5.41, 5.74) is 2.90. The topological polar surface area (TPSA) is 63.8 Å². The van der Waals surface area contributed by atoms with Gasteiger partial charge in [0, 0.05) is 22.9 Å². The first-order valence-corrected chi connectivity index (χ1v) is 6.54. The maximum absolute atomic E-state index is 5.16. The molecule has 0 radical (unpaired) electrons. The Bertz CT molecular complexity index is 744. The van der Waals surface area contributed by atoms with Crippen LogP contribution in [0.3, 0.4) is 0 Å². The minimum Gasteiger partial charge on any atom is -0.364 e. The Morgan fingerprint density at radius 2 is 1.75 bits per heavy atom. The molecule has 0 bridgehead atoms. The Morgan fingerprint density at radius 3 is 2.45 bits per heavy atom. The maximum atomic E-state index is 5.16. The van der Waals surface area contributed by atoms with Crippen molar-refractivity contribution in [3.63, 3.8) is 0 Å². The van der Waals surface area contributed by atoms with Gasteiger partial charge in [-0.15, -0.1) is 5.10 Å². The van der Waals surface area contributed by atoms with Gasteiger partial charge in [-0.3, -0.25) is 0 Å². The predicted octanol–water partition coefficient (Wildman–Crippen LogP) is 3.16. The van der Waals surface area contributed by atoms with E-state index >= 15 is 0 Å². The van der Waals surface area contributed by atoms with E-state index in [-0.39, 0.29) is 0 Å². The normalized spacial score (nSPS) is 10.9. The zero-order valence-corrected chi connectivity index (χ0v) is 11.8. The van der Waals surface area contributed by atoms with Crippen molar-refractivity contribution in [1.82, 2.24) is 15.4 Å². The summed E-state index contributed by atoms with van der Waals surface area (Å²) in [6.45, 7) is 6.44. The summed E-state index contributed by atoms with van der Waals surface area (Å²) in [5.74, 6) is 1.62. The Labute approximate surface area is 117 Å². The SMILES string of the molecule is Cc1noc(C)c1CNc1nnc(C)c2ccccc12. The number of benzene rings is 1. The van der Waals surface area contributed by atoms with Gasteiger partial charge in [0.15, 0.2) is 5.82 Å². The number of fused-ring (bicyclic) bond motifs is 1. The van der Waals surface area contributed by atoms with Crippen LogP contribution in [0, 0.1) is 20.8 Å². The van der Waals surface area contributed by atoms with Crippen molar-refractivity contribution in [3.8, 4) is 0 Å². The Hall–Kier alpha value is -2.43. The van der Waals surface area contributed by atoms with Crippen molar-refractivity contribution >= 4 is 16.6 Å². The standard InChI is InChI=1S/C15H16N4O/c1-9-12-6-4-5-7-13(12)15(18-17-9)16-8-14-10(2)19-20-11(14)3/h4-7H,8H2,1-3H3,(H,16,18). The van der Waals surface area contributed by atoms with Crippen LogP contribution in [0.1, 0.15) is 22.7 Å². The van der Waals surface area contributed by atoms with Gasteiger partial charge in [0.2, 0.25) is 0 Å². The fraction of sp³-hybridized carbons (Fsp3) is 0.267. The number of hydrogen-bond acceptors (Lipinski definition) is 5. The zero-order chi connectivity index (χ0) is 14.1. The molecule has 5 nitrogen and oxygen atoms in total. The van der Waals surface area contributed by atoms with Crippen LogP contribution >= 0.6 is 0 Å². The highest BCUT2D eigenvalue weighted by Crippen LogP contribution is 2.23. The summed E-state index contributed by atoms with van der Waals surface area (Å²) in [6, 6.07) is 8.12. The highest BCUT2D eigenvalue weighted by Gasteiger charge is 2.10. The van der Waals surface area contributed by atoms with Gasteiger partial charge in [0.05, 0.1) is 11.4 Å². The lowest BCUT2D eigenvalue weighted by molar-refractivity contribution is 0.392. The molecule has 1 aromatic carbocycles. The van der Waals surface area contributed by atoms with Gasteiger partial charge < -0.3 is 9.84 Å². The Balaban J connectivity index is 1.94. The summed E-state index contributed by atoms with van der Waals surface area (Å²) in [6.07, 6.45) is 0. The van der Waals surface area contributed by atoms with E-state index in [1.165, 1.54) is 0 Å². The molecule has 0 amide bonds. The summed E-state index contributed by atoms with van der Waals surface area (Å²) in [4.78, 5) is 0. The second-order valence-electron chi connectivity index (χ2n) is 4.84. The fourth-order valence-electron chi connectivity index (χ4n) is 2.29. The van der Waals surface area contributed by atoms with Gasteiger partial charge in [-0.05, 0) is 20.8 Å². The average Bonchev–Trinajstić information content (AvgIpc) is 2.78. The third-order valence-electron chi connectivity index (χ3n) is 3.49. The van der Waals surface area contributed by atoms with E-state index in [2.05, 4.69) is 26.7 Å². The van der Waals surface area contributed by atoms with E-state index in [1.807, 2.05) is 39.0 Å². The molecule has 0 atom stereocenters. The molecule has 1 N–H and O–H groups in total. The quantitative estimate of drug-likeness (QED) is 0.790. The van der Waals surface area contributed by atoms with Gasteiger partial charge in [0.1, 0.15) is 5.76 Å². The van der Waals surface area contributed by atoms with E-state index in [4.69, 9.17) is 4.52 Å². The second-order valence-corrected chi connectivity index (χ2v) is 4.84. The third-order valence-corrected chi connectivity index (χ3v) is 3.49. The lowest BCUT2D eigenvalue weighted by atomic mass is 10.1. The molecule has 3 rings (SSSR count). The smallest absolute Gasteiger partial charge is 0.156 e. The molecule has 0 saturated heterocycles. The van der Waals surface area contributed by atoms with Gasteiger partial charge in [0.25, 0.3) is 0 Å². The molecule has 0 unspecified atom stereocenters. The average molecular weight is 268 g/mol. The first kappa shape index (κ1) is 12.6. The predicted molar refractivity (Wildman–Crippen MR) is 77.6 cm³/mol. The van der Waals surface area contributed by atoms with E-state index in [9.17, 15) is 0 Å². The number of nitrogens with zero attached hydrogens (tertiary/aromatic N) is 3. The van der Waals surface area contributed by atoms with Crippen LogP contribution in [0.25, 0.3) is 10.8 Å². The molecule has 102 valence electrons. The molecule has 2 heterocycles. The summed E-state index contributed by atoms with van der Waals surface area (Å²) >= 11 is 0. The fourth-order valence-corrected chi connectivity index (χ4v) is 2.29. The van der Waals surface area contributed by atoms with Crippen LogP contribution in [-0.2, 0) is 6.54 Å². The number of anilines is 1. The molecular weight excluding hydrogens is 252 g/mol. The van der Waals surface area contributed by atoms with Gasteiger partial charge in [-0.1, -0.05) is 29.4 Å². The molecule has 5 heteroatoms. The van der Waals surface area contributed by atoms with Gasteiger partial charge in [-0.25, -0.2) is 0 Å². The summed E-state index contributed by atoms with van der Waals surface area (Å²) in [5, 5.41) is 17.9. The first-order chi connectivity index (χ1) is 9.66. The third kappa shape index (κ3) is 2.11. The van der Waals surface area contributed by atoms with Gasteiger partial charge in [-0.2, -0.15) is 5.10 Å². The number of rotatable bonds is 3. The highest BCUT2D eigenvalue weighted by molar-refractivity contribution is 5.92. The van der Waals surface area contributed by atoms with Crippen LogP contribution < -0.4 is 5.32 Å². The minimum atomic E-state index is 0.628. The van der Waals surface area contributed by atoms with Crippen LogP contribution in [0.2, 0.25) is 0 Å². The molecule has 3 aromatic rings. The largest absolute Gasteiger partial charge is 0.364 e.